The number of nitrogens with one attached hydrogen (secondary N) is 1. The summed E-state index contributed by atoms with van der Waals surface area (Å²) in [5.41, 5.74) is 6.78. The average Bonchev–Trinajstić information content (AvgIpc) is 3.36. The van der Waals surface area contributed by atoms with Gasteiger partial charge in [0.2, 0.25) is 0 Å². The van der Waals surface area contributed by atoms with Gasteiger partial charge in [0.1, 0.15) is 0 Å². The van der Waals surface area contributed by atoms with E-state index in [0.717, 1.165) is 11.7 Å². The molecule has 0 bridgehead atoms. The van der Waals surface area contributed by atoms with Gasteiger partial charge in [-0.1, -0.05) is 0 Å². The van der Waals surface area contributed by atoms with E-state index in [9.17, 15) is 0 Å². The van der Waals surface area contributed by atoms with Crippen LogP contribution in [-0.4, -0.2) is 50.8 Å². The Kier molecular flexibility index (Phi) is 7.90. The molecule has 1 unspecified atom stereocenters. The molecule has 2 rings (SSSR count). The zero-order valence-corrected chi connectivity index (χ0v) is 16.5. The Morgan fingerprint density at radius 3 is 2.57 bits per heavy atom. The van der Waals surface area contributed by atoms with Gasteiger partial charge in [0.05, 0.1) is 20.8 Å². The molecule has 0 amide bonds. The fourth-order valence-electron chi connectivity index (χ4n) is 2.30. The van der Waals surface area contributed by atoms with Crippen LogP contribution < -0.4 is 20.5 Å². The van der Waals surface area contributed by atoms with Crippen LogP contribution in [0.1, 0.15) is 19.8 Å². The third kappa shape index (κ3) is 5.72. The first-order valence-corrected chi connectivity index (χ1v) is 7.56. The molecule has 0 saturated heterocycles. The van der Waals surface area contributed by atoms with Gasteiger partial charge in [-0.15, -0.1) is 24.0 Å². The number of rotatable bonds is 7. The van der Waals surface area contributed by atoms with Gasteiger partial charge in [0.15, 0.2) is 17.5 Å². The summed E-state index contributed by atoms with van der Waals surface area (Å²) in [5.74, 6) is 1.74. The molecule has 7 heteroatoms. The van der Waals surface area contributed by atoms with Crippen molar-refractivity contribution in [3.05, 3.63) is 18.2 Å². The fraction of sp³-hybridized carbons (Fsp3) is 0.562. The first-order valence-electron chi connectivity index (χ1n) is 7.56. The monoisotopic (exact) mass is 434 g/mol. The summed E-state index contributed by atoms with van der Waals surface area (Å²) in [7, 11) is 5.36. The van der Waals surface area contributed by atoms with Gasteiger partial charge in [-0.25, -0.2) is 0 Å². The predicted octanol–water partition coefficient (Wildman–Crippen LogP) is 2.53. The predicted molar refractivity (Wildman–Crippen MR) is 105 cm³/mol. The first kappa shape index (κ1) is 19.8. The van der Waals surface area contributed by atoms with Crippen molar-refractivity contribution in [1.82, 2.24) is 4.90 Å². The summed E-state index contributed by atoms with van der Waals surface area (Å²) >= 11 is 0. The molecule has 1 aromatic carbocycles. The number of methoxy groups -OCH3 is 2. The maximum absolute atomic E-state index is 5.96. The zero-order valence-electron chi connectivity index (χ0n) is 14.2. The SMILES string of the molecule is COc1ccc(NC(N)=NCC(C)N(C)C2CC2)cc1OC.I. The third-order valence-corrected chi connectivity index (χ3v) is 4.00. The van der Waals surface area contributed by atoms with E-state index in [1.807, 2.05) is 18.2 Å². The topological polar surface area (TPSA) is 72.1 Å². The first-order chi connectivity index (χ1) is 10.5. The molecule has 0 radical (unpaired) electrons. The second kappa shape index (κ2) is 9.17. The van der Waals surface area contributed by atoms with E-state index in [1.54, 1.807) is 14.2 Å². The van der Waals surface area contributed by atoms with Gasteiger partial charge in [0.25, 0.3) is 0 Å². The molecule has 0 aliphatic heterocycles. The normalized spacial score (nSPS) is 15.8. The van der Waals surface area contributed by atoms with Crippen molar-refractivity contribution in [3.8, 4) is 11.5 Å². The molecule has 0 heterocycles. The number of benzene rings is 1. The Balaban J connectivity index is 0.00000264. The minimum Gasteiger partial charge on any atom is -0.493 e. The van der Waals surface area contributed by atoms with Gasteiger partial charge in [0, 0.05) is 23.8 Å². The molecule has 0 aromatic heterocycles. The largest absolute Gasteiger partial charge is 0.493 e. The van der Waals surface area contributed by atoms with Gasteiger partial charge in [-0.3, -0.25) is 9.89 Å². The molecule has 1 saturated carbocycles. The Hall–Kier alpha value is -1.22. The summed E-state index contributed by atoms with van der Waals surface area (Å²) in [4.78, 5) is 6.79. The molecule has 0 spiro atoms. The van der Waals surface area contributed by atoms with E-state index in [1.165, 1.54) is 12.8 Å². The number of aliphatic imine (C=N–C) groups is 1. The molecular formula is C16H27IN4O2. The third-order valence-electron chi connectivity index (χ3n) is 4.00. The smallest absolute Gasteiger partial charge is 0.193 e. The molecule has 23 heavy (non-hydrogen) atoms. The van der Waals surface area contributed by atoms with Crippen LogP contribution in [0.25, 0.3) is 0 Å². The van der Waals surface area contributed by atoms with Crippen molar-refractivity contribution in [2.75, 3.05) is 33.1 Å². The van der Waals surface area contributed by atoms with E-state index in [-0.39, 0.29) is 24.0 Å². The van der Waals surface area contributed by atoms with Gasteiger partial charge >= 0.3 is 0 Å². The molecule has 1 fully saturated rings. The highest BCUT2D eigenvalue weighted by molar-refractivity contribution is 14.0. The number of nitrogens with zero attached hydrogens (tertiary/aromatic N) is 2. The van der Waals surface area contributed by atoms with Crippen LogP contribution in [0.3, 0.4) is 0 Å². The number of anilines is 1. The maximum Gasteiger partial charge on any atom is 0.193 e. The molecule has 1 aliphatic carbocycles. The zero-order chi connectivity index (χ0) is 16.1. The second-order valence-electron chi connectivity index (χ2n) is 5.67. The molecule has 1 aliphatic rings. The number of hydrogen-bond acceptors (Lipinski definition) is 4. The minimum absolute atomic E-state index is 0. The van der Waals surface area contributed by atoms with Crippen molar-refractivity contribution in [2.24, 2.45) is 10.7 Å². The highest BCUT2D eigenvalue weighted by Gasteiger charge is 2.28. The lowest BCUT2D eigenvalue weighted by molar-refractivity contribution is 0.253. The highest BCUT2D eigenvalue weighted by Crippen LogP contribution is 2.29. The van der Waals surface area contributed by atoms with Crippen molar-refractivity contribution < 1.29 is 9.47 Å². The van der Waals surface area contributed by atoms with Crippen molar-refractivity contribution >= 4 is 35.6 Å². The molecule has 1 atom stereocenters. The maximum atomic E-state index is 5.96. The molecule has 130 valence electrons. The van der Waals surface area contributed by atoms with E-state index < -0.39 is 0 Å². The molecule has 3 N–H and O–H groups in total. The van der Waals surface area contributed by atoms with Crippen LogP contribution in [0.15, 0.2) is 23.2 Å². The number of nitrogens with two attached hydrogens (primary N) is 1. The van der Waals surface area contributed by atoms with Crippen molar-refractivity contribution in [3.63, 3.8) is 0 Å². The van der Waals surface area contributed by atoms with Gasteiger partial charge in [-0.05, 0) is 38.9 Å². The standard InChI is InChI=1S/C16H26N4O2.HI/c1-11(20(2)13-6-7-13)10-18-16(17)19-12-5-8-14(21-3)15(9-12)22-4;/h5,8-9,11,13H,6-7,10H2,1-4H3,(H3,17,18,19);1H. The summed E-state index contributed by atoms with van der Waals surface area (Å²) in [5, 5.41) is 3.08. The van der Waals surface area contributed by atoms with E-state index in [0.29, 0.717) is 30.0 Å². The highest BCUT2D eigenvalue weighted by atomic mass is 127. The summed E-state index contributed by atoms with van der Waals surface area (Å²) in [6, 6.07) is 6.66. The van der Waals surface area contributed by atoms with Crippen LogP contribution in [-0.2, 0) is 0 Å². The second-order valence-corrected chi connectivity index (χ2v) is 5.67. The lowest BCUT2D eigenvalue weighted by Gasteiger charge is -2.22. The number of likely N-dealkylation sites (N-methyl/N-ethyl adjacent to an activating group) is 1. The Morgan fingerprint density at radius 1 is 1.35 bits per heavy atom. The van der Waals surface area contributed by atoms with Gasteiger partial charge in [-0.2, -0.15) is 0 Å². The van der Waals surface area contributed by atoms with Crippen molar-refractivity contribution in [1.29, 1.82) is 0 Å². The van der Waals surface area contributed by atoms with Crippen LogP contribution in [0.4, 0.5) is 5.69 Å². The number of hydrogen-bond donors (Lipinski definition) is 2. The van der Waals surface area contributed by atoms with Crippen LogP contribution in [0.5, 0.6) is 11.5 Å². The van der Waals surface area contributed by atoms with E-state index in [4.69, 9.17) is 15.2 Å². The quantitative estimate of drug-likeness (QED) is 0.392. The summed E-state index contributed by atoms with van der Waals surface area (Å²) < 4.78 is 10.5. The number of ether oxygens (including phenoxy) is 2. The minimum atomic E-state index is 0. The summed E-state index contributed by atoms with van der Waals surface area (Å²) in [6.07, 6.45) is 2.59. The fourth-order valence-corrected chi connectivity index (χ4v) is 2.30. The Labute approximate surface area is 155 Å². The van der Waals surface area contributed by atoms with E-state index >= 15 is 0 Å². The van der Waals surface area contributed by atoms with Crippen LogP contribution in [0, 0.1) is 0 Å². The molecular weight excluding hydrogens is 407 g/mol. The van der Waals surface area contributed by atoms with Crippen molar-refractivity contribution in [2.45, 2.75) is 31.8 Å². The Morgan fingerprint density at radius 2 is 2.00 bits per heavy atom. The average molecular weight is 434 g/mol. The van der Waals surface area contributed by atoms with Gasteiger partial charge < -0.3 is 20.5 Å². The number of halogens is 1. The molecule has 1 aromatic rings. The summed E-state index contributed by atoms with van der Waals surface area (Å²) in [6.45, 7) is 2.85. The lowest BCUT2D eigenvalue weighted by atomic mass is 10.2. The Bertz CT molecular complexity index is 535. The van der Waals surface area contributed by atoms with Crippen LogP contribution >= 0.6 is 24.0 Å². The van der Waals surface area contributed by atoms with Crippen LogP contribution in [0.2, 0.25) is 0 Å². The lowest BCUT2D eigenvalue weighted by Crippen LogP contribution is -2.34. The molecule has 6 nitrogen and oxygen atoms in total. The van der Waals surface area contributed by atoms with E-state index in [2.05, 4.69) is 29.2 Å². The number of guanidine groups is 1.